The van der Waals surface area contributed by atoms with Crippen LogP contribution in [0.15, 0.2) is 30.3 Å². The standard InChI is InChI=1S/C7H6O2.K.Mn.Na.4O/c8-7(9)6-4-2-1-3-5-6;;;;;;;/h1-5H,(H,8,9);;;;;;;/q;+1;;+1;;;;-1/p-1. The van der Waals surface area contributed by atoms with Gasteiger partial charge in [0.1, 0.15) is 0 Å². The molecule has 0 aliphatic carbocycles. The molecular weight excluding hydrogens is 297 g/mol. The molecule has 1 aromatic rings. The normalized spacial score (nSPS) is 8.56. The molecule has 0 atom stereocenters. The first-order valence-electron chi connectivity index (χ1n) is 3.19. The van der Waals surface area contributed by atoms with Crippen molar-refractivity contribution in [2.75, 3.05) is 0 Å². The van der Waals surface area contributed by atoms with Crippen molar-refractivity contribution >= 4 is 5.97 Å². The Kier molecular flexibility index (Phi) is 15.8. The van der Waals surface area contributed by atoms with E-state index in [-0.39, 0.29) is 86.5 Å². The van der Waals surface area contributed by atoms with Crippen molar-refractivity contribution < 1.29 is 120 Å². The van der Waals surface area contributed by atoms with E-state index in [2.05, 4.69) is 0 Å². The molecule has 16 heavy (non-hydrogen) atoms. The van der Waals surface area contributed by atoms with Crippen molar-refractivity contribution in [3.8, 4) is 0 Å². The number of aromatic carboxylic acids is 1. The number of rotatable bonds is 1. The summed E-state index contributed by atoms with van der Waals surface area (Å²) in [5.41, 5.74) is 0.220. The summed E-state index contributed by atoms with van der Waals surface area (Å²) in [5, 5.41) is 10.1. The van der Waals surface area contributed by atoms with E-state index < -0.39 is 18.9 Å². The van der Waals surface area contributed by atoms with Crippen LogP contribution in [0.2, 0.25) is 0 Å². The third-order valence-corrected chi connectivity index (χ3v) is 1.01. The van der Waals surface area contributed by atoms with Gasteiger partial charge in [0.25, 0.3) is 0 Å². The summed E-state index contributed by atoms with van der Waals surface area (Å²) in [6.45, 7) is 0. The van der Waals surface area contributed by atoms with Gasteiger partial charge in [-0.3, -0.25) is 0 Å². The van der Waals surface area contributed by atoms with E-state index >= 15 is 0 Å². The second-order valence-corrected chi connectivity index (χ2v) is 3.21. The van der Waals surface area contributed by atoms with Crippen LogP contribution in [0.1, 0.15) is 10.4 Å². The second-order valence-electron chi connectivity index (χ2n) is 2.03. The van der Waals surface area contributed by atoms with Gasteiger partial charge in [0, 0.05) is 0 Å². The maximum atomic E-state index is 10.1. The van der Waals surface area contributed by atoms with E-state index in [1.54, 1.807) is 18.2 Å². The molecule has 0 saturated carbocycles. The quantitative estimate of drug-likeness (QED) is 0.476. The van der Waals surface area contributed by atoms with E-state index in [9.17, 15) is 9.90 Å². The molecule has 0 aliphatic rings. The monoisotopic (exact) mass is 302 g/mol. The molecule has 6 nitrogen and oxygen atoms in total. The average Bonchev–Trinajstić information content (AvgIpc) is 2.03. The molecule has 0 bridgehead atoms. The summed E-state index contributed by atoms with van der Waals surface area (Å²) in [7, 11) is 0. The van der Waals surface area contributed by atoms with Crippen molar-refractivity contribution in [2.45, 2.75) is 0 Å². The molecule has 0 amide bonds. The first-order valence-corrected chi connectivity index (χ1v) is 5.11. The van der Waals surface area contributed by atoms with E-state index in [1.807, 2.05) is 0 Å². The number of hydrogen-bond donors (Lipinski definition) is 0. The fraction of sp³-hybridized carbons (Fsp3) is 0. The number of carbonyl (C=O) groups excluding carboxylic acids is 1. The van der Waals surface area contributed by atoms with Crippen LogP contribution in [0.25, 0.3) is 0 Å². The first kappa shape index (κ1) is 22.4. The number of carboxylic acids is 1. The second kappa shape index (κ2) is 11.3. The first-order chi connectivity index (χ1) is 6.30. The van der Waals surface area contributed by atoms with Gasteiger partial charge in [-0.05, 0) is 5.56 Å². The number of carbonyl (C=O) groups is 1. The zero-order chi connectivity index (χ0) is 11.2. The average molecular weight is 302 g/mol. The Morgan fingerprint density at radius 3 is 1.56 bits per heavy atom. The van der Waals surface area contributed by atoms with Crippen LogP contribution in [0.5, 0.6) is 0 Å². The molecule has 0 fully saturated rings. The van der Waals surface area contributed by atoms with Gasteiger partial charge < -0.3 is 9.90 Å². The molecule has 0 heterocycles. The molecule has 0 spiro atoms. The summed E-state index contributed by atoms with van der Waals surface area (Å²) < 4.78 is 34.3. The Balaban J connectivity index is -0.000000214. The van der Waals surface area contributed by atoms with E-state index in [0.29, 0.717) is 0 Å². The van der Waals surface area contributed by atoms with Crippen LogP contribution in [-0.4, -0.2) is 5.97 Å². The zero-order valence-corrected chi connectivity index (χ0v) is 15.0. The minimum atomic E-state index is -5.62. The molecule has 0 aromatic heterocycles. The topological polar surface area (TPSA) is 114 Å². The van der Waals surface area contributed by atoms with Gasteiger partial charge in [-0.2, -0.15) is 0 Å². The fourth-order valence-electron chi connectivity index (χ4n) is 0.574. The number of carboxylic acid groups (broad SMARTS) is 1. The summed E-state index contributed by atoms with van der Waals surface area (Å²) in [6, 6.07) is 8.06. The van der Waals surface area contributed by atoms with Crippen LogP contribution in [0.4, 0.5) is 0 Å². The fourth-order valence-corrected chi connectivity index (χ4v) is 0.574. The Labute approximate surface area is 158 Å². The van der Waals surface area contributed by atoms with Crippen molar-refractivity contribution in [2.24, 2.45) is 0 Å². The third kappa shape index (κ3) is 17.6. The summed E-state index contributed by atoms with van der Waals surface area (Å²) >= 11 is -5.62. The summed E-state index contributed by atoms with van der Waals surface area (Å²) in [5.74, 6) is -1.13. The van der Waals surface area contributed by atoms with Gasteiger partial charge in [-0.25, -0.2) is 0 Å². The zero-order valence-electron chi connectivity index (χ0n) is 8.71. The van der Waals surface area contributed by atoms with Crippen LogP contribution >= 0.6 is 0 Å². The van der Waals surface area contributed by atoms with Gasteiger partial charge in [-0.15, -0.1) is 0 Å². The van der Waals surface area contributed by atoms with Crippen LogP contribution in [0.3, 0.4) is 0 Å². The number of benzene rings is 1. The molecule has 9 heteroatoms. The van der Waals surface area contributed by atoms with Crippen LogP contribution in [0, 0.1) is 0 Å². The predicted molar refractivity (Wildman–Crippen MR) is 32.8 cm³/mol. The predicted octanol–water partition coefficient (Wildman–Crippen LogP) is -7.49. The van der Waals surface area contributed by atoms with E-state index in [1.165, 1.54) is 12.1 Å². The van der Waals surface area contributed by atoms with Gasteiger partial charge in [-0.1, -0.05) is 30.3 Å². The van der Waals surface area contributed by atoms with Crippen LogP contribution < -0.4 is 90.2 Å². The third-order valence-electron chi connectivity index (χ3n) is 1.01. The van der Waals surface area contributed by atoms with Gasteiger partial charge in [0.15, 0.2) is 0 Å². The molecule has 0 unspecified atom stereocenters. The molecule has 0 N–H and O–H groups in total. The summed E-state index contributed by atoms with van der Waals surface area (Å²) in [6.07, 6.45) is 0. The van der Waals surface area contributed by atoms with Gasteiger partial charge >= 0.3 is 110 Å². The Morgan fingerprint density at radius 1 is 1.06 bits per heavy atom. The maximum absolute atomic E-state index is 10.1. The molecule has 1 aromatic carbocycles. The Bertz CT molecular complexity index is 438. The van der Waals surface area contributed by atoms with Crippen LogP contribution in [-0.2, 0) is 24.5 Å². The molecule has 0 saturated heterocycles. The van der Waals surface area contributed by atoms with Crippen molar-refractivity contribution in [3.63, 3.8) is 0 Å². The minimum absolute atomic E-state index is 0. The number of hydrogen-bond acceptors (Lipinski definition) is 6. The Morgan fingerprint density at radius 2 is 1.38 bits per heavy atom. The van der Waals surface area contributed by atoms with Gasteiger partial charge in [0.05, 0.1) is 5.97 Å². The summed E-state index contributed by atoms with van der Waals surface area (Å²) in [4.78, 5) is 10.1. The van der Waals surface area contributed by atoms with E-state index in [4.69, 9.17) is 15.7 Å². The van der Waals surface area contributed by atoms with E-state index in [0.717, 1.165) is 0 Å². The SMILES string of the molecule is O=C([O-])c1ccccc1.[K+].[Na+].[O]=[Mn](=[O])(=[O])[O-]. The Hall–Kier alpha value is 1.21. The van der Waals surface area contributed by atoms with Crippen molar-refractivity contribution in [3.05, 3.63) is 35.9 Å². The molecular formula is C7H5KMnNaO6. The molecule has 1 rings (SSSR count). The molecule has 78 valence electrons. The van der Waals surface area contributed by atoms with Crippen molar-refractivity contribution in [1.29, 1.82) is 0 Å². The molecule has 0 aliphatic heterocycles. The molecule has 0 radical (unpaired) electrons. The van der Waals surface area contributed by atoms with Gasteiger partial charge in [0.2, 0.25) is 0 Å². The van der Waals surface area contributed by atoms with Crippen molar-refractivity contribution in [1.82, 2.24) is 0 Å².